The van der Waals surface area contributed by atoms with Crippen LogP contribution in [0, 0.1) is 5.92 Å². The number of unbranched alkanes of at least 4 members (excludes halogenated alkanes) is 28. The van der Waals surface area contributed by atoms with E-state index in [2.05, 4.69) is 27.7 Å². The second kappa shape index (κ2) is 40.6. The molecule has 1 atom stereocenters. The highest BCUT2D eigenvalue weighted by Gasteiger charge is 2.19. The van der Waals surface area contributed by atoms with Gasteiger partial charge in [-0.3, -0.25) is 14.4 Å². The van der Waals surface area contributed by atoms with Gasteiger partial charge in [0.25, 0.3) is 0 Å². The van der Waals surface area contributed by atoms with Crippen molar-refractivity contribution in [1.29, 1.82) is 0 Å². The second-order valence-electron chi connectivity index (χ2n) is 16.2. The van der Waals surface area contributed by atoms with Crippen molar-refractivity contribution in [3.05, 3.63) is 0 Å². The smallest absolute Gasteiger partial charge is 0.306 e. The lowest BCUT2D eigenvalue weighted by Crippen LogP contribution is -2.30. The highest BCUT2D eigenvalue weighted by Crippen LogP contribution is 2.16. The van der Waals surface area contributed by atoms with Gasteiger partial charge in [0.2, 0.25) is 0 Å². The topological polar surface area (TPSA) is 78.9 Å². The second-order valence-corrected chi connectivity index (χ2v) is 16.2. The maximum Gasteiger partial charge on any atom is 0.306 e. The Hall–Kier alpha value is -1.59. The quantitative estimate of drug-likeness (QED) is 0.0353. The lowest BCUT2D eigenvalue weighted by molar-refractivity contribution is -0.167. The van der Waals surface area contributed by atoms with E-state index in [4.69, 9.17) is 14.2 Å². The van der Waals surface area contributed by atoms with Crippen LogP contribution in [0.3, 0.4) is 0 Å². The molecule has 0 aromatic rings. The van der Waals surface area contributed by atoms with E-state index >= 15 is 0 Å². The van der Waals surface area contributed by atoms with Crippen molar-refractivity contribution in [2.45, 2.75) is 259 Å². The largest absolute Gasteiger partial charge is 0.462 e. The third-order valence-corrected chi connectivity index (χ3v) is 10.3. The van der Waals surface area contributed by atoms with Gasteiger partial charge < -0.3 is 14.2 Å². The van der Waals surface area contributed by atoms with E-state index in [1.54, 1.807) is 0 Å². The SMILES string of the molecule is CCCCCCCCCCCCCCCCC(=O)OC[C@@H](COC(=O)CCCCCCCCCCCC)OC(=O)CCCCCCCCCC(C)C. The zero-order chi connectivity index (χ0) is 38.2. The first-order valence-electron chi connectivity index (χ1n) is 22.9. The van der Waals surface area contributed by atoms with Crippen molar-refractivity contribution in [2.75, 3.05) is 13.2 Å². The van der Waals surface area contributed by atoms with Crippen molar-refractivity contribution in [1.82, 2.24) is 0 Å². The molecule has 0 aliphatic rings. The van der Waals surface area contributed by atoms with Crippen LogP contribution >= 0.6 is 0 Å². The molecule has 308 valence electrons. The first-order valence-corrected chi connectivity index (χ1v) is 22.9. The fraction of sp³-hybridized carbons (Fsp3) is 0.935. The highest BCUT2D eigenvalue weighted by atomic mass is 16.6. The Morgan fingerprint density at radius 2 is 0.635 bits per heavy atom. The van der Waals surface area contributed by atoms with Crippen LogP contribution in [-0.4, -0.2) is 37.2 Å². The molecule has 52 heavy (non-hydrogen) atoms. The van der Waals surface area contributed by atoms with E-state index in [9.17, 15) is 14.4 Å². The molecule has 0 aliphatic heterocycles. The zero-order valence-electron chi connectivity index (χ0n) is 35.3. The van der Waals surface area contributed by atoms with E-state index in [-0.39, 0.29) is 31.1 Å². The molecular weight excluding hydrogens is 648 g/mol. The summed E-state index contributed by atoms with van der Waals surface area (Å²) in [5, 5.41) is 0. The number of carbonyl (C=O) groups excluding carboxylic acids is 3. The van der Waals surface area contributed by atoms with Gasteiger partial charge in [0.15, 0.2) is 6.10 Å². The molecule has 6 heteroatoms. The number of hydrogen-bond donors (Lipinski definition) is 0. The molecule has 0 fully saturated rings. The van der Waals surface area contributed by atoms with Gasteiger partial charge in [0, 0.05) is 19.3 Å². The molecule has 0 saturated carbocycles. The van der Waals surface area contributed by atoms with Gasteiger partial charge >= 0.3 is 17.9 Å². The summed E-state index contributed by atoms with van der Waals surface area (Å²) < 4.78 is 16.7. The maximum absolute atomic E-state index is 12.7. The van der Waals surface area contributed by atoms with Crippen molar-refractivity contribution < 1.29 is 28.6 Å². The molecule has 0 N–H and O–H groups in total. The Bertz CT molecular complexity index is 781. The Morgan fingerprint density at radius 1 is 0.365 bits per heavy atom. The first kappa shape index (κ1) is 50.4. The van der Waals surface area contributed by atoms with Gasteiger partial charge in [-0.2, -0.15) is 0 Å². The molecule has 0 bridgehead atoms. The molecule has 0 heterocycles. The highest BCUT2D eigenvalue weighted by molar-refractivity contribution is 5.71. The van der Waals surface area contributed by atoms with Gasteiger partial charge in [-0.15, -0.1) is 0 Å². The van der Waals surface area contributed by atoms with Gasteiger partial charge in [-0.25, -0.2) is 0 Å². The molecule has 0 spiro atoms. The summed E-state index contributed by atoms with van der Waals surface area (Å²) >= 11 is 0. The third-order valence-electron chi connectivity index (χ3n) is 10.3. The van der Waals surface area contributed by atoms with Crippen molar-refractivity contribution in [3.63, 3.8) is 0 Å². The summed E-state index contributed by atoms with van der Waals surface area (Å²) in [7, 11) is 0. The van der Waals surface area contributed by atoms with Crippen LogP contribution in [0.1, 0.15) is 252 Å². The molecule has 0 saturated heterocycles. The van der Waals surface area contributed by atoms with Gasteiger partial charge in [-0.05, 0) is 25.2 Å². The first-order chi connectivity index (χ1) is 25.4. The maximum atomic E-state index is 12.7. The number of ether oxygens (including phenoxy) is 3. The van der Waals surface area contributed by atoms with E-state index in [0.717, 1.165) is 63.7 Å². The fourth-order valence-electron chi connectivity index (χ4n) is 6.80. The van der Waals surface area contributed by atoms with E-state index in [0.29, 0.717) is 19.3 Å². The Balaban J connectivity index is 4.30. The lowest BCUT2D eigenvalue weighted by atomic mass is 10.0. The summed E-state index contributed by atoms with van der Waals surface area (Å²) in [4.78, 5) is 37.6. The summed E-state index contributed by atoms with van der Waals surface area (Å²) in [6, 6.07) is 0. The average Bonchev–Trinajstić information content (AvgIpc) is 3.12. The summed E-state index contributed by atoms with van der Waals surface area (Å²) in [5.41, 5.74) is 0. The van der Waals surface area contributed by atoms with Gasteiger partial charge in [0.1, 0.15) is 13.2 Å². The third kappa shape index (κ3) is 39.6. The number of carbonyl (C=O) groups is 3. The van der Waals surface area contributed by atoms with Gasteiger partial charge in [0.05, 0.1) is 0 Å². The standard InChI is InChI=1S/C46H88O6/c1-5-7-9-11-13-15-17-18-19-20-22-26-30-34-38-45(48)51-41-43(52-46(49)39-35-31-27-23-24-28-32-36-42(3)4)40-50-44(47)37-33-29-25-21-16-14-12-10-8-6-2/h42-43H,5-41H2,1-4H3/t43-/m1/s1. The van der Waals surface area contributed by atoms with Crippen molar-refractivity contribution in [2.24, 2.45) is 5.92 Å². The minimum absolute atomic E-state index is 0.0644. The minimum Gasteiger partial charge on any atom is -0.462 e. The van der Waals surface area contributed by atoms with E-state index in [1.165, 1.54) is 148 Å². The summed E-state index contributed by atoms with van der Waals surface area (Å²) in [6.45, 7) is 8.94. The van der Waals surface area contributed by atoms with E-state index < -0.39 is 6.10 Å². The monoisotopic (exact) mass is 737 g/mol. The summed E-state index contributed by atoms with van der Waals surface area (Å²) in [6.07, 6.45) is 39.5. The number of esters is 3. The molecule has 0 aromatic carbocycles. The predicted octanol–water partition coefficient (Wildman–Crippen LogP) is 14.3. The molecule has 0 aliphatic carbocycles. The van der Waals surface area contributed by atoms with Crippen LogP contribution in [0.5, 0.6) is 0 Å². The summed E-state index contributed by atoms with van der Waals surface area (Å²) in [5.74, 6) is -0.0798. The Morgan fingerprint density at radius 3 is 0.942 bits per heavy atom. The van der Waals surface area contributed by atoms with Crippen molar-refractivity contribution >= 4 is 17.9 Å². The lowest BCUT2D eigenvalue weighted by Gasteiger charge is -2.18. The molecule has 0 amide bonds. The van der Waals surface area contributed by atoms with Crippen LogP contribution in [0.2, 0.25) is 0 Å². The minimum atomic E-state index is -0.759. The number of rotatable bonds is 41. The van der Waals surface area contributed by atoms with Crippen LogP contribution in [0.4, 0.5) is 0 Å². The Kier molecular flexibility index (Phi) is 39.4. The molecule has 0 radical (unpaired) electrons. The fourth-order valence-corrected chi connectivity index (χ4v) is 6.80. The molecule has 0 rings (SSSR count). The van der Waals surface area contributed by atoms with Gasteiger partial charge in [-0.1, -0.05) is 214 Å². The normalized spacial score (nSPS) is 11.9. The van der Waals surface area contributed by atoms with Crippen LogP contribution in [0.25, 0.3) is 0 Å². The van der Waals surface area contributed by atoms with Crippen molar-refractivity contribution in [3.8, 4) is 0 Å². The molecule has 0 unspecified atom stereocenters. The average molecular weight is 737 g/mol. The molecule has 0 aromatic heterocycles. The molecule has 6 nitrogen and oxygen atoms in total. The number of hydrogen-bond acceptors (Lipinski definition) is 6. The Labute approximate surface area is 323 Å². The van der Waals surface area contributed by atoms with Crippen LogP contribution < -0.4 is 0 Å². The zero-order valence-corrected chi connectivity index (χ0v) is 35.3. The van der Waals surface area contributed by atoms with E-state index in [1.807, 2.05) is 0 Å². The molecular formula is C46H88O6. The van der Waals surface area contributed by atoms with Crippen LogP contribution in [-0.2, 0) is 28.6 Å². The predicted molar refractivity (Wildman–Crippen MR) is 220 cm³/mol. The van der Waals surface area contributed by atoms with Crippen LogP contribution in [0.15, 0.2) is 0 Å².